The lowest BCUT2D eigenvalue weighted by atomic mass is 9.93. The second kappa shape index (κ2) is 8.62. The minimum atomic E-state index is -3.74. The number of benzene rings is 2. The summed E-state index contributed by atoms with van der Waals surface area (Å²) in [6.07, 6.45) is 6.18. The fourth-order valence-electron chi connectivity index (χ4n) is 5.36. The number of nitrogens with zero attached hydrogens (tertiary/aromatic N) is 5. The van der Waals surface area contributed by atoms with Gasteiger partial charge in [0.2, 0.25) is 0 Å². The van der Waals surface area contributed by atoms with Crippen molar-refractivity contribution in [3.8, 4) is 0 Å². The van der Waals surface area contributed by atoms with Crippen molar-refractivity contribution in [3.05, 3.63) is 91.0 Å². The van der Waals surface area contributed by atoms with Gasteiger partial charge in [-0.3, -0.25) is 4.90 Å². The minimum Gasteiger partial charge on any atom is -0.326 e. The van der Waals surface area contributed by atoms with E-state index in [2.05, 4.69) is 56.7 Å². The maximum absolute atomic E-state index is 13.3. The maximum Gasteiger partial charge on any atom is 0.269 e. The second-order valence-corrected chi connectivity index (χ2v) is 11.2. The molecule has 0 unspecified atom stereocenters. The van der Waals surface area contributed by atoms with Crippen molar-refractivity contribution in [2.45, 2.75) is 30.8 Å². The third-order valence-electron chi connectivity index (χ3n) is 7.06. The van der Waals surface area contributed by atoms with Crippen LogP contribution in [0.1, 0.15) is 24.9 Å². The van der Waals surface area contributed by atoms with Crippen molar-refractivity contribution in [1.82, 2.24) is 23.4 Å². The van der Waals surface area contributed by atoms with Gasteiger partial charge < -0.3 is 4.57 Å². The number of pyridine rings is 1. The van der Waals surface area contributed by atoms with Gasteiger partial charge in [0.05, 0.1) is 22.9 Å². The molecule has 0 saturated carbocycles. The summed E-state index contributed by atoms with van der Waals surface area (Å²) in [6, 6.07) is 21.2. The largest absolute Gasteiger partial charge is 0.326 e. The zero-order valence-corrected chi connectivity index (χ0v) is 20.3. The number of rotatable bonds is 5. The Balaban J connectivity index is 1.35. The van der Waals surface area contributed by atoms with Crippen molar-refractivity contribution in [3.63, 3.8) is 0 Å². The summed E-state index contributed by atoms with van der Waals surface area (Å²) >= 11 is 0. The summed E-state index contributed by atoms with van der Waals surface area (Å²) in [5, 5.41) is 0.804. The third-order valence-corrected chi connectivity index (χ3v) is 8.74. The van der Waals surface area contributed by atoms with Gasteiger partial charge in [0.15, 0.2) is 5.65 Å². The van der Waals surface area contributed by atoms with Crippen molar-refractivity contribution in [2.75, 3.05) is 13.1 Å². The molecule has 8 heteroatoms. The molecule has 1 fully saturated rings. The molecule has 5 aromatic rings. The van der Waals surface area contributed by atoms with Crippen LogP contribution in [0.15, 0.2) is 90.3 Å². The molecular formula is C27H27N5O2S. The fraction of sp³-hybridized carbons (Fsp3) is 0.259. The summed E-state index contributed by atoms with van der Waals surface area (Å²) in [6.45, 7) is 5.24. The van der Waals surface area contributed by atoms with Crippen LogP contribution in [0, 0.1) is 5.92 Å². The molecule has 0 bridgehead atoms. The Hall–Kier alpha value is -3.49. The number of aromatic nitrogens is 4. The lowest BCUT2D eigenvalue weighted by molar-refractivity contribution is 0.129. The molecule has 1 aliphatic heterocycles. The van der Waals surface area contributed by atoms with Gasteiger partial charge in [-0.1, -0.05) is 55.5 Å². The summed E-state index contributed by atoms with van der Waals surface area (Å²) in [4.78, 5) is 11.9. The lowest BCUT2D eigenvalue weighted by Gasteiger charge is -2.37. The van der Waals surface area contributed by atoms with Crippen LogP contribution >= 0.6 is 0 Å². The molecular weight excluding hydrogens is 458 g/mol. The summed E-state index contributed by atoms with van der Waals surface area (Å²) in [5.41, 5.74) is 3.49. The van der Waals surface area contributed by atoms with Crippen LogP contribution in [0.2, 0.25) is 0 Å². The second-order valence-electron chi connectivity index (χ2n) is 9.36. The van der Waals surface area contributed by atoms with E-state index in [1.54, 1.807) is 42.7 Å². The number of hydrogen-bond donors (Lipinski definition) is 0. The molecule has 7 nitrogen and oxygen atoms in total. The van der Waals surface area contributed by atoms with Crippen LogP contribution in [0.5, 0.6) is 0 Å². The van der Waals surface area contributed by atoms with Crippen molar-refractivity contribution >= 4 is 32.1 Å². The van der Waals surface area contributed by atoms with E-state index in [0.717, 1.165) is 42.5 Å². The zero-order chi connectivity index (χ0) is 24.0. The molecule has 35 heavy (non-hydrogen) atoms. The molecule has 1 saturated heterocycles. The van der Waals surface area contributed by atoms with Gasteiger partial charge >= 0.3 is 0 Å². The first-order chi connectivity index (χ1) is 17.0. The molecule has 1 aliphatic rings. The van der Waals surface area contributed by atoms with Gasteiger partial charge in [-0.15, -0.1) is 0 Å². The van der Waals surface area contributed by atoms with Crippen LogP contribution < -0.4 is 0 Å². The SMILES string of the molecule is C[C@@H]1CN(Cc2ccccc2)CC[C@H]1n1cnc2cnc3c(ccn3S(=O)(=O)c3ccccc3)c21. The summed E-state index contributed by atoms with van der Waals surface area (Å²) in [5.74, 6) is 0.420. The smallest absolute Gasteiger partial charge is 0.269 e. The van der Waals surface area contributed by atoms with Gasteiger partial charge in [0.1, 0.15) is 5.52 Å². The summed E-state index contributed by atoms with van der Waals surface area (Å²) in [7, 11) is -3.74. The van der Waals surface area contributed by atoms with Crippen LogP contribution in [0.25, 0.3) is 22.1 Å². The van der Waals surface area contributed by atoms with E-state index >= 15 is 0 Å². The number of hydrogen-bond acceptors (Lipinski definition) is 5. The van der Waals surface area contributed by atoms with Crippen LogP contribution in [0.3, 0.4) is 0 Å². The van der Waals surface area contributed by atoms with Gasteiger partial charge in [-0.25, -0.2) is 22.4 Å². The number of piperidine rings is 1. The molecule has 6 rings (SSSR count). The Morgan fingerprint density at radius 2 is 1.71 bits per heavy atom. The number of imidazole rings is 1. The molecule has 0 spiro atoms. The van der Waals surface area contributed by atoms with Crippen LogP contribution in [0.4, 0.5) is 0 Å². The van der Waals surface area contributed by atoms with E-state index in [1.807, 2.05) is 12.4 Å². The fourth-order valence-corrected chi connectivity index (χ4v) is 6.68. The Bertz CT molecular complexity index is 1590. The number of fused-ring (bicyclic) bond motifs is 3. The highest BCUT2D eigenvalue weighted by Gasteiger charge is 2.29. The maximum atomic E-state index is 13.3. The summed E-state index contributed by atoms with van der Waals surface area (Å²) < 4.78 is 30.1. The Labute approximate surface area is 204 Å². The third kappa shape index (κ3) is 3.83. The van der Waals surface area contributed by atoms with Gasteiger partial charge in [-0.2, -0.15) is 0 Å². The average molecular weight is 486 g/mol. The molecule has 4 heterocycles. The molecule has 2 atom stereocenters. The van der Waals surface area contributed by atoms with E-state index in [0.29, 0.717) is 11.6 Å². The molecule has 0 N–H and O–H groups in total. The Kier molecular flexibility index (Phi) is 5.42. The molecule has 3 aromatic heterocycles. The lowest BCUT2D eigenvalue weighted by Crippen LogP contribution is -2.39. The van der Waals surface area contributed by atoms with E-state index < -0.39 is 10.0 Å². The quantitative estimate of drug-likeness (QED) is 0.361. The predicted molar refractivity (Wildman–Crippen MR) is 137 cm³/mol. The topological polar surface area (TPSA) is 73.0 Å². The normalized spacial score (nSPS) is 19.5. The highest BCUT2D eigenvalue weighted by molar-refractivity contribution is 7.90. The van der Waals surface area contributed by atoms with E-state index in [-0.39, 0.29) is 10.9 Å². The standard InChI is InChI=1S/C27H27N5O2S/c1-20-17-30(18-21-8-4-2-5-9-21)14-13-25(20)31-19-29-24-16-28-27-23(26(24)31)12-15-32(27)35(33,34)22-10-6-3-7-11-22/h2-12,15-16,19-20,25H,13-14,17-18H2,1H3/t20-,25-/m1/s1. The Morgan fingerprint density at radius 1 is 0.971 bits per heavy atom. The first kappa shape index (κ1) is 22.0. The first-order valence-corrected chi connectivity index (χ1v) is 13.4. The zero-order valence-electron chi connectivity index (χ0n) is 19.5. The molecule has 0 aliphatic carbocycles. The van der Waals surface area contributed by atoms with Crippen LogP contribution in [-0.2, 0) is 16.6 Å². The monoisotopic (exact) mass is 485 g/mol. The molecule has 2 aromatic carbocycles. The molecule has 0 amide bonds. The first-order valence-electron chi connectivity index (χ1n) is 11.9. The van der Waals surface area contributed by atoms with E-state index in [1.165, 1.54) is 9.54 Å². The average Bonchev–Trinajstić information content (AvgIpc) is 3.50. The molecule has 0 radical (unpaired) electrons. The minimum absolute atomic E-state index is 0.243. The predicted octanol–water partition coefficient (Wildman–Crippen LogP) is 4.71. The number of likely N-dealkylation sites (tertiary alicyclic amines) is 1. The highest BCUT2D eigenvalue weighted by Crippen LogP contribution is 2.34. The van der Waals surface area contributed by atoms with E-state index in [9.17, 15) is 8.42 Å². The Morgan fingerprint density at radius 3 is 2.46 bits per heavy atom. The van der Waals surface area contributed by atoms with E-state index in [4.69, 9.17) is 0 Å². The van der Waals surface area contributed by atoms with Gasteiger partial charge in [0, 0.05) is 37.3 Å². The van der Waals surface area contributed by atoms with Crippen LogP contribution in [-0.4, -0.2) is 44.9 Å². The van der Waals surface area contributed by atoms with Gasteiger partial charge in [-0.05, 0) is 36.1 Å². The van der Waals surface area contributed by atoms with Crippen molar-refractivity contribution in [1.29, 1.82) is 0 Å². The molecule has 178 valence electrons. The van der Waals surface area contributed by atoms with Crippen molar-refractivity contribution in [2.24, 2.45) is 5.92 Å². The van der Waals surface area contributed by atoms with Crippen molar-refractivity contribution < 1.29 is 8.42 Å². The highest BCUT2D eigenvalue weighted by atomic mass is 32.2. The van der Waals surface area contributed by atoms with Gasteiger partial charge in [0.25, 0.3) is 10.0 Å².